The Morgan fingerprint density at radius 1 is 1.18 bits per heavy atom. The van der Waals surface area contributed by atoms with Gasteiger partial charge in [-0.05, 0) is 38.2 Å². The fraction of sp³-hybridized carbons (Fsp3) is 0.370. The Labute approximate surface area is 199 Å². The van der Waals surface area contributed by atoms with Crippen LogP contribution in [0.2, 0.25) is 0 Å². The van der Waals surface area contributed by atoms with Gasteiger partial charge in [-0.15, -0.1) is 0 Å². The van der Waals surface area contributed by atoms with Crippen molar-refractivity contribution in [1.82, 2.24) is 24.5 Å². The van der Waals surface area contributed by atoms with Crippen molar-refractivity contribution in [3.8, 4) is 28.3 Å². The molecule has 1 aromatic carbocycles. The first kappa shape index (κ1) is 21.0. The number of hydrogen-bond acceptors (Lipinski definition) is 5. The lowest BCUT2D eigenvalue weighted by atomic mass is 9.93. The quantitative estimate of drug-likeness (QED) is 0.457. The second kappa shape index (κ2) is 7.45. The van der Waals surface area contributed by atoms with E-state index in [1.807, 2.05) is 30.2 Å². The summed E-state index contributed by atoms with van der Waals surface area (Å²) >= 11 is 0. The van der Waals surface area contributed by atoms with Gasteiger partial charge >= 0.3 is 0 Å². The lowest BCUT2D eigenvalue weighted by Crippen LogP contribution is -2.12. The summed E-state index contributed by atoms with van der Waals surface area (Å²) in [6.45, 7) is 7.37. The molecule has 3 aromatic heterocycles. The Bertz CT molecular complexity index is 1410. The number of benzene rings is 1. The van der Waals surface area contributed by atoms with Crippen molar-refractivity contribution in [2.24, 2.45) is 12.5 Å². The van der Waals surface area contributed by atoms with Gasteiger partial charge in [0.15, 0.2) is 11.6 Å². The zero-order valence-corrected chi connectivity index (χ0v) is 20.2. The molecule has 1 aliphatic heterocycles. The Hall–Kier alpha value is -3.61. The molecule has 0 spiro atoms. The summed E-state index contributed by atoms with van der Waals surface area (Å²) in [6, 6.07) is 8.48. The molecular formula is C27H30N6O. The van der Waals surface area contributed by atoms with E-state index < -0.39 is 0 Å². The molecule has 1 saturated carbocycles. The van der Waals surface area contributed by atoms with E-state index in [0.29, 0.717) is 17.0 Å². The molecule has 1 atom stereocenters. The van der Waals surface area contributed by atoms with Gasteiger partial charge in [-0.2, -0.15) is 10.2 Å². The van der Waals surface area contributed by atoms with Gasteiger partial charge in [0.1, 0.15) is 6.10 Å². The number of ether oxygens (including phenoxy) is 1. The van der Waals surface area contributed by atoms with Crippen molar-refractivity contribution >= 4 is 5.82 Å². The maximum atomic E-state index is 6.45. The molecule has 6 rings (SSSR count). The number of nitrogen functional groups attached to an aromatic ring is 1. The van der Waals surface area contributed by atoms with Gasteiger partial charge in [0.05, 0.1) is 17.6 Å². The number of aryl methyl sites for hydroxylation is 2. The van der Waals surface area contributed by atoms with Crippen molar-refractivity contribution in [3.63, 3.8) is 0 Å². The van der Waals surface area contributed by atoms with Crippen LogP contribution in [0.25, 0.3) is 22.5 Å². The van der Waals surface area contributed by atoms with Gasteiger partial charge in [-0.3, -0.25) is 9.36 Å². The summed E-state index contributed by atoms with van der Waals surface area (Å²) in [5.74, 6) is 0.984. The zero-order valence-electron chi connectivity index (χ0n) is 20.2. The molecule has 7 heteroatoms. The summed E-state index contributed by atoms with van der Waals surface area (Å²) in [4.78, 5) is 4.51. The minimum absolute atomic E-state index is 0.224. The molecule has 2 bridgehead atoms. The van der Waals surface area contributed by atoms with Crippen LogP contribution in [0.5, 0.6) is 5.75 Å². The summed E-state index contributed by atoms with van der Waals surface area (Å²) in [7, 11) is 1.98. The highest BCUT2D eigenvalue weighted by atomic mass is 16.5. The number of rotatable bonds is 2. The first-order valence-electron chi connectivity index (χ1n) is 11.9. The molecule has 4 aromatic rings. The van der Waals surface area contributed by atoms with Crippen LogP contribution in [0.1, 0.15) is 55.0 Å². The van der Waals surface area contributed by atoms with E-state index in [2.05, 4.69) is 54.8 Å². The molecule has 0 unspecified atom stereocenters. The summed E-state index contributed by atoms with van der Waals surface area (Å²) < 4.78 is 10.5. The van der Waals surface area contributed by atoms with Crippen LogP contribution >= 0.6 is 0 Å². The molecule has 0 amide bonds. The number of pyridine rings is 1. The number of nitrogens with zero attached hydrogens (tertiary/aromatic N) is 5. The molecule has 1 aliphatic carbocycles. The maximum absolute atomic E-state index is 6.45. The monoisotopic (exact) mass is 454 g/mol. The standard InChI is InChI=1S/C27H30N6O/c1-16-5-6-21-22(9-16)17(2)34-23-11-19(12-29-26(23)28)25-18(10-20-14-32(4)31-24(20)21)13-30-33(25)15-27(3)7-8-27/h5-6,9,11-14,17H,7-8,10,15H2,1-4H3,(H2,28,29)/t17-/m1/s1. The van der Waals surface area contributed by atoms with E-state index in [-0.39, 0.29) is 6.10 Å². The molecular weight excluding hydrogens is 424 g/mol. The average molecular weight is 455 g/mol. The van der Waals surface area contributed by atoms with E-state index in [1.165, 1.54) is 24.0 Å². The highest BCUT2D eigenvalue weighted by Crippen LogP contribution is 2.47. The van der Waals surface area contributed by atoms with Crippen molar-refractivity contribution < 1.29 is 4.74 Å². The van der Waals surface area contributed by atoms with Gasteiger partial charge in [0, 0.05) is 60.2 Å². The maximum Gasteiger partial charge on any atom is 0.166 e. The topological polar surface area (TPSA) is 83.8 Å². The zero-order chi connectivity index (χ0) is 23.6. The number of hydrogen-bond donors (Lipinski definition) is 1. The Kier molecular flexibility index (Phi) is 4.59. The van der Waals surface area contributed by atoms with E-state index in [9.17, 15) is 0 Å². The molecule has 0 saturated heterocycles. The summed E-state index contributed by atoms with van der Waals surface area (Å²) in [5, 5.41) is 9.71. The van der Waals surface area contributed by atoms with E-state index in [4.69, 9.17) is 20.7 Å². The number of fused-ring (bicyclic) bond motifs is 7. The third-order valence-corrected chi connectivity index (χ3v) is 7.19. The largest absolute Gasteiger partial charge is 0.482 e. The minimum atomic E-state index is -0.224. The van der Waals surface area contributed by atoms with Crippen molar-refractivity contribution in [1.29, 1.82) is 0 Å². The second-order valence-electron chi connectivity index (χ2n) is 10.3. The van der Waals surface area contributed by atoms with Crippen molar-refractivity contribution in [2.75, 3.05) is 5.73 Å². The van der Waals surface area contributed by atoms with Crippen LogP contribution in [-0.2, 0) is 20.0 Å². The van der Waals surface area contributed by atoms with Gasteiger partial charge in [-0.1, -0.05) is 30.7 Å². The third-order valence-electron chi connectivity index (χ3n) is 7.19. The summed E-state index contributed by atoms with van der Waals surface area (Å²) in [5.41, 5.74) is 15.3. The lowest BCUT2D eigenvalue weighted by Gasteiger charge is -2.21. The highest BCUT2D eigenvalue weighted by Gasteiger charge is 2.38. The van der Waals surface area contributed by atoms with Crippen LogP contribution in [0, 0.1) is 12.3 Å². The first-order chi connectivity index (χ1) is 16.3. The van der Waals surface area contributed by atoms with E-state index in [0.717, 1.165) is 46.6 Å². The van der Waals surface area contributed by atoms with Crippen molar-refractivity contribution in [3.05, 3.63) is 65.1 Å². The molecule has 1 fully saturated rings. The minimum Gasteiger partial charge on any atom is -0.482 e. The van der Waals surface area contributed by atoms with E-state index >= 15 is 0 Å². The number of aromatic nitrogens is 5. The second-order valence-corrected chi connectivity index (χ2v) is 10.3. The van der Waals surface area contributed by atoms with Crippen LogP contribution in [-0.4, -0.2) is 24.5 Å². The normalized spacial score (nSPS) is 18.1. The molecule has 7 nitrogen and oxygen atoms in total. The highest BCUT2D eigenvalue weighted by molar-refractivity contribution is 5.72. The van der Waals surface area contributed by atoms with Gasteiger partial charge in [-0.25, -0.2) is 4.98 Å². The molecule has 0 radical (unpaired) electrons. The first-order valence-corrected chi connectivity index (χ1v) is 11.9. The smallest absolute Gasteiger partial charge is 0.166 e. The number of nitrogens with two attached hydrogens (primary N) is 1. The third kappa shape index (κ3) is 3.56. The predicted molar refractivity (Wildman–Crippen MR) is 132 cm³/mol. The van der Waals surface area contributed by atoms with Gasteiger partial charge in [0.25, 0.3) is 0 Å². The molecule has 2 N–H and O–H groups in total. The van der Waals surface area contributed by atoms with E-state index in [1.54, 1.807) is 0 Å². The molecule has 4 heterocycles. The molecule has 174 valence electrons. The SMILES string of the molecule is Cc1ccc2c(c1)[C@@H](C)Oc1cc(cnc1N)-c1c(cnn1CC1(C)CC1)Cc1cn(C)nc1-2. The average Bonchev–Trinajstić information content (AvgIpc) is 3.22. The number of anilines is 1. The fourth-order valence-corrected chi connectivity index (χ4v) is 5.01. The predicted octanol–water partition coefficient (Wildman–Crippen LogP) is 5.08. The Balaban J connectivity index is 1.59. The van der Waals surface area contributed by atoms with Crippen LogP contribution in [0.4, 0.5) is 5.82 Å². The van der Waals surface area contributed by atoms with Crippen LogP contribution in [0.15, 0.2) is 42.9 Å². The Morgan fingerprint density at radius 2 is 2.00 bits per heavy atom. The van der Waals surface area contributed by atoms with Crippen molar-refractivity contribution in [2.45, 2.75) is 52.7 Å². The van der Waals surface area contributed by atoms with Gasteiger partial charge in [0.2, 0.25) is 0 Å². The van der Waals surface area contributed by atoms with Gasteiger partial charge < -0.3 is 10.5 Å². The van der Waals surface area contributed by atoms with Crippen LogP contribution in [0.3, 0.4) is 0 Å². The Morgan fingerprint density at radius 3 is 2.79 bits per heavy atom. The molecule has 2 aliphatic rings. The fourth-order valence-electron chi connectivity index (χ4n) is 5.01. The summed E-state index contributed by atoms with van der Waals surface area (Å²) in [6.07, 6.45) is 8.93. The van der Waals surface area contributed by atoms with Crippen LogP contribution < -0.4 is 10.5 Å². The molecule has 34 heavy (non-hydrogen) atoms. The lowest BCUT2D eigenvalue weighted by molar-refractivity contribution is 0.228.